The lowest BCUT2D eigenvalue weighted by Crippen LogP contribution is -2.52. The van der Waals surface area contributed by atoms with Crippen LogP contribution in [0.5, 0.6) is 0 Å². The number of rotatable bonds is 0. The largest absolute Gasteiger partial charge is 0.309 e. The molecule has 2 atom stereocenters. The van der Waals surface area contributed by atoms with Crippen molar-refractivity contribution in [3.63, 3.8) is 0 Å². The third-order valence-corrected chi connectivity index (χ3v) is 2.01. The molecule has 0 aromatic carbocycles. The smallest absolute Gasteiger partial charge is 0.0683 e. The molecule has 2 heteroatoms. The lowest BCUT2D eigenvalue weighted by molar-refractivity contribution is 0.504. The molecule has 1 fully saturated rings. The molecule has 1 heterocycles. The Hall–Kier alpha value is -0.660. The van der Waals surface area contributed by atoms with Crippen molar-refractivity contribution in [2.24, 2.45) is 10.9 Å². The molecule has 0 amide bonds. The van der Waals surface area contributed by atoms with E-state index >= 15 is 0 Å². The highest BCUT2D eigenvalue weighted by molar-refractivity contribution is 6.14. The fourth-order valence-corrected chi connectivity index (χ4v) is 1.45. The number of nitrogens with one attached hydrogen (secondary N) is 1. The van der Waals surface area contributed by atoms with E-state index in [0.29, 0.717) is 12.0 Å². The SMILES string of the molecule is CC1=NC2CC(=N)C12. The van der Waals surface area contributed by atoms with Gasteiger partial charge in [0.15, 0.2) is 0 Å². The summed E-state index contributed by atoms with van der Waals surface area (Å²) < 4.78 is 0. The Balaban J connectivity index is 2.28. The summed E-state index contributed by atoms with van der Waals surface area (Å²) in [6.07, 6.45) is 0.933. The van der Waals surface area contributed by atoms with E-state index in [1.165, 1.54) is 5.71 Å². The van der Waals surface area contributed by atoms with E-state index in [1.807, 2.05) is 6.92 Å². The van der Waals surface area contributed by atoms with Crippen molar-refractivity contribution in [1.82, 2.24) is 0 Å². The molecular formula is C6H8N2. The molecule has 8 heavy (non-hydrogen) atoms. The molecule has 1 saturated carbocycles. The third kappa shape index (κ3) is 0.269. The Kier molecular flexibility index (Phi) is 0.539. The average molecular weight is 108 g/mol. The molecule has 2 unspecified atom stereocenters. The van der Waals surface area contributed by atoms with E-state index in [2.05, 4.69) is 4.99 Å². The van der Waals surface area contributed by atoms with E-state index in [1.54, 1.807) is 0 Å². The van der Waals surface area contributed by atoms with Gasteiger partial charge in [0.1, 0.15) is 0 Å². The number of hydrogen-bond acceptors (Lipinski definition) is 2. The standard InChI is InChI=1S/C6H8N2/c1-3-6-4(7)2-5(6)8-3/h5-7H,2H2,1H3. The predicted molar refractivity (Wildman–Crippen MR) is 32.7 cm³/mol. The van der Waals surface area contributed by atoms with Gasteiger partial charge in [0.05, 0.1) is 12.0 Å². The van der Waals surface area contributed by atoms with E-state index in [-0.39, 0.29) is 0 Å². The average Bonchev–Trinajstić information content (AvgIpc) is 1.63. The van der Waals surface area contributed by atoms with Crippen LogP contribution in [0.1, 0.15) is 13.3 Å². The molecule has 2 aliphatic rings. The van der Waals surface area contributed by atoms with E-state index < -0.39 is 0 Å². The van der Waals surface area contributed by atoms with Crippen LogP contribution in [0.3, 0.4) is 0 Å². The van der Waals surface area contributed by atoms with Gasteiger partial charge in [-0.05, 0) is 6.92 Å². The molecular weight excluding hydrogens is 100 g/mol. The zero-order valence-electron chi connectivity index (χ0n) is 4.81. The fraction of sp³-hybridized carbons (Fsp3) is 0.667. The summed E-state index contributed by atoms with van der Waals surface area (Å²) in [5, 5.41) is 7.27. The van der Waals surface area contributed by atoms with Gasteiger partial charge >= 0.3 is 0 Å². The van der Waals surface area contributed by atoms with Crippen LogP contribution in [0.4, 0.5) is 0 Å². The van der Waals surface area contributed by atoms with Crippen molar-refractivity contribution in [2.45, 2.75) is 19.4 Å². The normalized spacial score (nSPS) is 41.6. The van der Waals surface area contributed by atoms with Crippen LogP contribution < -0.4 is 0 Å². The van der Waals surface area contributed by atoms with E-state index in [0.717, 1.165) is 12.1 Å². The lowest BCUT2D eigenvalue weighted by atomic mass is 9.70. The highest BCUT2D eigenvalue weighted by Gasteiger charge is 2.44. The zero-order chi connectivity index (χ0) is 5.72. The van der Waals surface area contributed by atoms with Gasteiger partial charge in [-0.25, -0.2) is 0 Å². The van der Waals surface area contributed by atoms with Crippen molar-refractivity contribution in [1.29, 1.82) is 5.41 Å². The predicted octanol–water partition coefficient (Wildman–Crippen LogP) is 0.869. The van der Waals surface area contributed by atoms with Gasteiger partial charge in [-0.15, -0.1) is 0 Å². The molecule has 0 saturated heterocycles. The maximum atomic E-state index is 7.27. The first-order valence-corrected chi connectivity index (χ1v) is 2.90. The molecule has 1 aliphatic carbocycles. The van der Waals surface area contributed by atoms with Gasteiger partial charge in [0, 0.05) is 17.8 Å². The zero-order valence-corrected chi connectivity index (χ0v) is 4.81. The van der Waals surface area contributed by atoms with Crippen LogP contribution in [0.2, 0.25) is 0 Å². The topological polar surface area (TPSA) is 36.2 Å². The monoisotopic (exact) mass is 108 g/mol. The Morgan fingerprint density at radius 3 is 2.75 bits per heavy atom. The maximum Gasteiger partial charge on any atom is 0.0683 e. The highest BCUT2D eigenvalue weighted by Crippen LogP contribution is 2.35. The van der Waals surface area contributed by atoms with Gasteiger partial charge in [-0.2, -0.15) is 0 Å². The first-order chi connectivity index (χ1) is 3.79. The second kappa shape index (κ2) is 1.02. The molecule has 1 N–H and O–H groups in total. The number of nitrogens with zero attached hydrogens (tertiary/aromatic N) is 1. The van der Waals surface area contributed by atoms with Gasteiger partial charge in [0.2, 0.25) is 0 Å². The minimum Gasteiger partial charge on any atom is -0.309 e. The molecule has 2 rings (SSSR count). The number of aliphatic imine (C=N–C) groups is 1. The third-order valence-electron chi connectivity index (χ3n) is 2.01. The van der Waals surface area contributed by atoms with Gasteiger partial charge in [0.25, 0.3) is 0 Å². The Morgan fingerprint density at radius 2 is 2.50 bits per heavy atom. The maximum absolute atomic E-state index is 7.27. The highest BCUT2D eigenvalue weighted by atomic mass is 14.9. The van der Waals surface area contributed by atoms with Crippen LogP contribution in [-0.4, -0.2) is 17.5 Å². The van der Waals surface area contributed by atoms with Crippen LogP contribution in [-0.2, 0) is 0 Å². The molecule has 42 valence electrons. The Morgan fingerprint density at radius 1 is 1.75 bits per heavy atom. The van der Waals surface area contributed by atoms with Crippen LogP contribution in [0.15, 0.2) is 4.99 Å². The van der Waals surface area contributed by atoms with Crippen LogP contribution >= 0.6 is 0 Å². The van der Waals surface area contributed by atoms with Gasteiger partial charge in [-0.1, -0.05) is 0 Å². The molecule has 1 aliphatic heterocycles. The minimum absolute atomic E-state index is 0.481. The molecule has 0 bridgehead atoms. The van der Waals surface area contributed by atoms with Crippen molar-refractivity contribution in [3.05, 3.63) is 0 Å². The van der Waals surface area contributed by atoms with Crippen molar-refractivity contribution in [3.8, 4) is 0 Å². The summed E-state index contributed by atoms with van der Waals surface area (Å²) in [5.41, 5.74) is 2.06. The summed E-state index contributed by atoms with van der Waals surface area (Å²) in [6, 6.07) is 0.530. The van der Waals surface area contributed by atoms with E-state index in [9.17, 15) is 0 Å². The minimum atomic E-state index is 0.481. The molecule has 0 aromatic rings. The van der Waals surface area contributed by atoms with Crippen LogP contribution in [0, 0.1) is 11.3 Å². The second-order valence-corrected chi connectivity index (χ2v) is 2.54. The molecule has 0 aromatic heterocycles. The summed E-state index contributed by atoms with van der Waals surface area (Å²) in [4.78, 5) is 4.22. The fourth-order valence-electron chi connectivity index (χ4n) is 1.45. The Bertz CT molecular complexity index is 181. The van der Waals surface area contributed by atoms with Crippen molar-refractivity contribution >= 4 is 11.4 Å². The molecule has 0 spiro atoms. The lowest BCUT2D eigenvalue weighted by Gasteiger charge is -2.42. The van der Waals surface area contributed by atoms with Crippen molar-refractivity contribution < 1.29 is 0 Å². The first-order valence-electron chi connectivity index (χ1n) is 2.90. The number of fused-ring (bicyclic) bond motifs is 1. The quantitative estimate of drug-likeness (QED) is 0.478. The summed E-state index contributed by atoms with van der Waals surface area (Å²) >= 11 is 0. The van der Waals surface area contributed by atoms with Crippen LogP contribution in [0.25, 0.3) is 0 Å². The summed E-state index contributed by atoms with van der Waals surface area (Å²) in [5.74, 6) is 0.481. The summed E-state index contributed by atoms with van der Waals surface area (Å²) in [7, 11) is 0. The Labute approximate surface area is 48.1 Å². The first kappa shape index (κ1) is 4.24. The van der Waals surface area contributed by atoms with Gasteiger partial charge in [-0.3, -0.25) is 4.99 Å². The van der Waals surface area contributed by atoms with E-state index in [4.69, 9.17) is 5.41 Å². The molecule has 2 nitrogen and oxygen atoms in total. The van der Waals surface area contributed by atoms with Crippen molar-refractivity contribution in [2.75, 3.05) is 0 Å². The number of hydrogen-bond donors (Lipinski definition) is 1. The molecule has 0 radical (unpaired) electrons. The van der Waals surface area contributed by atoms with Gasteiger partial charge < -0.3 is 5.41 Å². The summed E-state index contributed by atoms with van der Waals surface area (Å²) in [6.45, 7) is 2.01. The second-order valence-electron chi connectivity index (χ2n) is 2.54.